The van der Waals surface area contributed by atoms with E-state index in [4.69, 9.17) is 0 Å². The van der Waals surface area contributed by atoms with E-state index in [0.717, 1.165) is 12.0 Å². The van der Waals surface area contributed by atoms with Gasteiger partial charge in [-0.1, -0.05) is 44.2 Å². The molecule has 2 rings (SSSR count). The van der Waals surface area contributed by atoms with Crippen LogP contribution >= 0.6 is 0 Å². The Morgan fingerprint density at radius 1 is 1.28 bits per heavy atom. The predicted molar refractivity (Wildman–Crippen MR) is 70.1 cm³/mol. The first-order valence-corrected chi connectivity index (χ1v) is 6.34. The van der Waals surface area contributed by atoms with Crippen LogP contribution in [0, 0.1) is 5.41 Å². The van der Waals surface area contributed by atoms with E-state index in [1.165, 1.54) is 0 Å². The fourth-order valence-electron chi connectivity index (χ4n) is 2.12. The van der Waals surface area contributed by atoms with Crippen LogP contribution in [0.5, 0.6) is 0 Å². The lowest BCUT2D eigenvalue weighted by atomic mass is 9.81. The second-order valence-electron chi connectivity index (χ2n) is 5.53. The maximum absolute atomic E-state index is 12.1. The van der Waals surface area contributed by atoms with E-state index in [0.29, 0.717) is 13.0 Å². The molecule has 1 aliphatic heterocycles. The third-order valence-electron chi connectivity index (χ3n) is 3.65. The smallest absolute Gasteiger partial charge is 0.227 e. The Morgan fingerprint density at radius 2 is 1.94 bits per heavy atom. The van der Waals surface area contributed by atoms with Crippen molar-refractivity contribution < 1.29 is 9.59 Å². The number of piperidine rings is 1. The number of ketones is 1. The van der Waals surface area contributed by atoms with Crippen molar-refractivity contribution in [1.29, 1.82) is 0 Å². The van der Waals surface area contributed by atoms with Gasteiger partial charge in [0.25, 0.3) is 0 Å². The zero-order valence-electron chi connectivity index (χ0n) is 11.0. The summed E-state index contributed by atoms with van der Waals surface area (Å²) in [6.45, 7) is 4.85. The van der Waals surface area contributed by atoms with Gasteiger partial charge in [-0.15, -0.1) is 0 Å². The summed E-state index contributed by atoms with van der Waals surface area (Å²) in [6, 6.07) is 9.66. The average molecular weight is 245 g/mol. The molecule has 1 aromatic rings. The number of hydrogen-bond acceptors (Lipinski definition) is 2. The van der Waals surface area contributed by atoms with Crippen LogP contribution in [0.15, 0.2) is 30.3 Å². The van der Waals surface area contributed by atoms with Gasteiger partial charge in [-0.25, -0.2) is 0 Å². The third-order valence-corrected chi connectivity index (χ3v) is 3.65. The number of hydrogen-bond donors (Lipinski definition) is 0. The minimum absolute atomic E-state index is 0.0463. The third kappa shape index (κ3) is 2.78. The Hall–Kier alpha value is -1.64. The molecule has 0 radical (unpaired) electrons. The van der Waals surface area contributed by atoms with Crippen molar-refractivity contribution in [3.63, 3.8) is 0 Å². The highest BCUT2D eigenvalue weighted by Crippen LogP contribution is 2.26. The lowest BCUT2D eigenvalue weighted by Gasteiger charge is -2.35. The second kappa shape index (κ2) is 4.92. The first kappa shape index (κ1) is 12.8. The standard InChI is InChI=1S/C15H19NO2/c1-15(2)8-9-16(11-13(15)17)14(18)10-12-6-4-3-5-7-12/h3-7H,8-11H2,1-2H3. The topological polar surface area (TPSA) is 37.4 Å². The van der Waals surface area contributed by atoms with E-state index >= 15 is 0 Å². The molecule has 0 N–H and O–H groups in total. The molecule has 1 saturated heterocycles. The van der Waals surface area contributed by atoms with Crippen molar-refractivity contribution >= 4 is 11.7 Å². The van der Waals surface area contributed by atoms with E-state index in [9.17, 15) is 9.59 Å². The Bertz CT molecular complexity index is 451. The van der Waals surface area contributed by atoms with Crippen LogP contribution in [0.1, 0.15) is 25.8 Å². The van der Waals surface area contributed by atoms with Gasteiger partial charge in [-0.05, 0) is 12.0 Å². The maximum Gasteiger partial charge on any atom is 0.227 e. The van der Waals surface area contributed by atoms with Crippen LogP contribution in [0.3, 0.4) is 0 Å². The van der Waals surface area contributed by atoms with Crippen LogP contribution in [-0.4, -0.2) is 29.7 Å². The Balaban J connectivity index is 1.97. The molecule has 1 aromatic carbocycles. The molecule has 0 aliphatic carbocycles. The fraction of sp³-hybridized carbons (Fsp3) is 0.467. The highest BCUT2D eigenvalue weighted by atomic mass is 16.2. The summed E-state index contributed by atoms with van der Waals surface area (Å²) in [5, 5.41) is 0. The zero-order valence-corrected chi connectivity index (χ0v) is 11.0. The molecule has 0 spiro atoms. The van der Waals surface area contributed by atoms with Gasteiger partial charge >= 0.3 is 0 Å². The summed E-state index contributed by atoms with van der Waals surface area (Å²) < 4.78 is 0. The molecule has 0 saturated carbocycles. The molecule has 0 bridgehead atoms. The maximum atomic E-state index is 12.1. The monoisotopic (exact) mass is 245 g/mol. The summed E-state index contributed by atoms with van der Waals surface area (Å²) in [5.41, 5.74) is 0.726. The molecule has 0 aromatic heterocycles. The average Bonchev–Trinajstić information content (AvgIpc) is 2.34. The molecule has 0 atom stereocenters. The number of likely N-dealkylation sites (tertiary alicyclic amines) is 1. The van der Waals surface area contributed by atoms with Gasteiger partial charge < -0.3 is 4.90 Å². The van der Waals surface area contributed by atoms with Crippen molar-refractivity contribution in [2.75, 3.05) is 13.1 Å². The Kier molecular flexibility index (Phi) is 3.50. The van der Waals surface area contributed by atoms with Crippen molar-refractivity contribution in [2.45, 2.75) is 26.7 Å². The minimum atomic E-state index is -0.274. The van der Waals surface area contributed by atoms with Crippen LogP contribution in [0.25, 0.3) is 0 Å². The number of amides is 1. The molecular weight excluding hydrogens is 226 g/mol. The highest BCUT2D eigenvalue weighted by molar-refractivity contribution is 5.91. The van der Waals surface area contributed by atoms with Crippen molar-refractivity contribution in [3.05, 3.63) is 35.9 Å². The predicted octanol–water partition coefficient (Wildman–Crippen LogP) is 2.06. The van der Waals surface area contributed by atoms with Gasteiger partial charge in [-0.3, -0.25) is 9.59 Å². The number of nitrogens with zero attached hydrogens (tertiary/aromatic N) is 1. The van der Waals surface area contributed by atoms with Gasteiger partial charge in [0.2, 0.25) is 5.91 Å². The molecule has 3 nitrogen and oxygen atoms in total. The van der Waals surface area contributed by atoms with Gasteiger partial charge in [0.05, 0.1) is 13.0 Å². The zero-order chi connectivity index (χ0) is 13.2. The lowest BCUT2D eigenvalue weighted by Crippen LogP contribution is -2.48. The van der Waals surface area contributed by atoms with Crippen molar-refractivity contribution in [1.82, 2.24) is 4.90 Å². The largest absolute Gasteiger partial charge is 0.335 e. The SMILES string of the molecule is CC1(C)CCN(C(=O)Cc2ccccc2)CC1=O. The highest BCUT2D eigenvalue weighted by Gasteiger charge is 2.35. The molecule has 1 heterocycles. The van der Waals surface area contributed by atoms with Gasteiger partial charge in [-0.2, -0.15) is 0 Å². The Labute approximate surface area is 108 Å². The van der Waals surface area contributed by atoms with E-state index < -0.39 is 0 Å². The van der Waals surface area contributed by atoms with Crippen LogP contribution in [0.2, 0.25) is 0 Å². The van der Waals surface area contributed by atoms with Gasteiger partial charge in [0.15, 0.2) is 5.78 Å². The summed E-state index contributed by atoms with van der Waals surface area (Å²) in [4.78, 5) is 25.7. The summed E-state index contributed by atoms with van der Waals surface area (Å²) in [5.74, 6) is 0.209. The molecule has 1 amide bonds. The molecule has 96 valence electrons. The number of carbonyl (C=O) groups excluding carboxylic acids is 2. The van der Waals surface area contributed by atoms with Crippen molar-refractivity contribution in [2.24, 2.45) is 5.41 Å². The van der Waals surface area contributed by atoms with E-state index in [1.807, 2.05) is 44.2 Å². The molecule has 18 heavy (non-hydrogen) atoms. The molecule has 1 aliphatic rings. The Morgan fingerprint density at radius 3 is 2.56 bits per heavy atom. The van der Waals surface area contributed by atoms with Crippen LogP contribution in [-0.2, 0) is 16.0 Å². The fourth-order valence-corrected chi connectivity index (χ4v) is 2.12. The molecular formula is C15H19NO2. The minimum Gasteiger partial charge on any atom is -0.335 e. The summed E-state index contributed by atoms with van der Waals surface area (Å²) >= 11 is 0. The van der Waals surface area contributed by atoms with Gasteiger partial charge in [0.1, 0.15) is 0 Å². The quantitative estimate of drug-likeness (QED) is 0.799. The van der Waals surface area contributed by atoms with Crippen LogP contribution < -0.4 is 0 Å². The second-order valence-corrected chi connectivity index (χ2v) is 5.53. The molecule has 0 unspecified atom stereocenters. The van der Waals surface area contributed by atoms with E-state index in [-0.39, 0.29) is 23.7 Å². The number of rotatable bonds is 2. The van der Waals surface area contributed by atoms with Gasteiger partial charge in [0, 0.05) is 12.0 Å². The van der Waals surface area contributed by atoms with Crippen LogP contribution in [0.4, 0.5) is 0 Å². The normalized spacial score (nSPS) is 18.8. The van der Waals surface area contributed by atoms with E-state index in [1.54, 1.807) is 4.90 Å². The molecule has 3 heteroatoms. The van der Waals surface area contributed by atoms with E-state index in [2.05, 4.69) is 0 Å². The first-order valence-electron chi connectivity index (χ1n) is 6.34. The molecule has 1 fully saturated rings. The number of Topliss-reactive ketones (excluding diaryl/α,β-unsaturated/α-hetero) is 1. The van der Waals surface area contributed by atoms with Crippen molar-refractivity contribution in [3.8, 4) is 0 Å². The number of carbonyl (C=O) groups is 2. The first-order chi connectivity index (χ1) is 8.49. The summed E-state index contributed by atoms with van der Waals surface area (Å²) in [6.07, 6.45) is 1.14. The number of benzene rings is 1. The summed E-state index contributed by atoms with van der Waals surface area (Å²) in [7, 11) is 0. The lowest BCUT2D eigenvalue weighted by molar-refractivity contribution is -0.142.